The maximum absolute atomic E-state index is 13.3. The number of likely N-dealkylation sites (tertiary alicyclic amines) is 1. The van der Waals surface area contributed by atoms with Crippen LogP contribution in [0.5, 0.6) is 0 Å². The van der Waals surface area contributed by atoms with Crippen molar-refractivity contribution in [1.82, 2.24) is 29.9 Å². The first-order valence-electron chi connectivity index (χ1n) is 9.96. The molecule has 1 N–H and O–H groups in total. The van der Waals surface area contributed by atoms with Crippen LogP contribution in [0.25, 0.3) is 5.82 Å². The van der Waals surface area contributed by atoms with Gasteiger partial charge in [-0.1, -0.05) is 13.0 Å². The first kappa shape index (κ1) is 18.6. The molecule has 148 valence electrons. The number of piperidine rings is 1. The van der Waals surface area contributed by atoms with Crippen LogP contribution in [0.3, 0.4) is 0 Å². The van der Waals surface area contributed by atoms with Gasteiger partial charge in [-0.15, -0.1) is 0 Å². The molecule has 0 aliphatic carbocycles. The van der Waals surface area contributed by atoms with Crippen molar-refractivity contribution in [3.05, 3.63) is 41.9 Å². The summed E-state index contributed by atoms with van der Waals surface area (Å²) >= 11 is 0. The van der Waals surface area contributed by atoms with Crippen LogP contribution in [0.15, 0.2) is 30.6 Å². The lowest BCUT2D eigenvalue weighted by Crippen LogP contribution is -2.57. The van der Waals surface area contributed by atoms with Crippen molar-refractivity contribution >= 4 is 11.8 Å². The second kappa shape index (κ2) is 8.10. The van der Waals surface area contributed by atoms with E-state index in [0.717, 1.165) is 25.1 Å². The largest absolute Gasteiger partial charge is 0.336 e. The van der Waals surface area contributed by atoms with Crippen LogP contribution in [0.1, 0.15) is 35.8 Å². The highest BCUT2D eigenvalue weighted by molar-refractivity contribution is 5.95. The number of carbonyl (C=O) groups excluding carboxylic acids is 2. The van der Waals surface area contributed by atoms with Gasteiger partial charge in [-0.05, 0) is 31.4 Å². The molecule has 2 aromatic heterocycles. The number of hydrogen-bond donors (Lipinski definition) is 1. The number of rotatable bonds is 4. The fourth-order valence-electron chi connectivity index (χ4n) is 4.14. The second-order valence-electron chi connectivity index (χ2n) is 7.27. The summed E-state index contributed by atoms with van der Waals surface area (Å²) in [4.78, 5) is 33.7. The molecule has 2 fully saturated rings. The van der Waals surface area contributed by atoms with Gasteiger partial charge in [0.1, 0.15) is 0 Å². The van der Waals surface area contributed by atoms with Crippen LogP contribution in [-0.4, -0.2) is 75.1 Å². The van der Waals surface area contributed by atoms with Gasteiger partial charge in [-0.2, -0.15) is 5.10 Å². The molecule has 0 aromatic carbocycles. The highest BCUT2D eigenvalue weighted by atomic mass is 16.2. The predicted molar refractivity (Wildman–Crippen MR) is 104 cm³/mol. The Kier molecular flexibility index (Phi) is 5.38. The second-order valence-corrected chi connectivity index (χ2v) is 7.27. The zero-order chi connectivity index (χ0) is 19.5. The van der Waals surface area contributed by atoms with Gasteiger partial charge in [-0.25, -0.2) is 9.67 Å². The van der Waals surface area contributed by atoms with E-state index in [0.29, 0.717) is 44.0 Å². The summed E-state index contributed by atoms with van der Waals surface area (Å²) in [6, 6.07) is 5.75. The molecule has 4 rings (SSSR count). The Morgan fingerprint density at radius 2 is 2.21 bits per heavy atom. The molecule has 2 saturated heterocycles. The number of piperazine rings is 1. The summed E-state index contributed by atoms with van der Waals surface area (Å²) in [6.45, 7) is 5.24. The molecule has 2 aliphatic heterocycles. The number of hydrogen-bond acceptors (Lipinski definition) is 5. The van der Waals surface area contributed by atoms with Crippen LogP contribution < -0.4 is 5.32 Å². The minimum Gasteiger partial charge on any atom is -0.336 e. The summed E-state index contributed by atoms with van der Waals surface area (Å²) in [6.07, 6.45) is 5.91. The smallest absolute Gasteiger partial charge is 0.257 e. The molecule has 4 heterocycles. The molecule has 0 bridgehead atoms. The molecule has 0 radical (unpaired) electrons. The molecular weight excluding hydrogens is 356 g/mol. The average molecular weight is 382 g/mol. The number of nitrogens with one attached hydrogen (secondary N) is 1. The lowest BCUT2D eigenvalue weighted by molar-refractivity contribution is -0.135. The van der Waals surface area contributed by atoms with Gasteiger partial charge in [0.15, 0.2) is 5.82 Å². The molecule has 1 atom stereocenters. The van der Waals surface area contributed by atoms with Gasteiger partial charge in [-0.3, -0.25) is 9.59 Å². The molecule has 1 unspecified atom stereocenters. The fraction of sp³-hybridized carbons (Fsp3) is 0.500. The van der Waals surface area contributed by atoms with Gasteiger partial charge < -0.3 is 15.1 Å². The Balaban J connectivity index is 1.54. The fourth-order valence-corrected chi connectivity index (χ4v) is 4.14. The summed E-state index contributed by atoms with van der Waals surface area (Å²) in [7, 11) is 0. The number of carbonyl (C=O) groups is 2. The van der Waals surface area contributed by atoms with Gasteiger partial charge >= 0.3 is 0 Å². The van der Waals surface area contributed by atoms with Crippen molar-refractivity contribution in [2.24, 2.45) is 0 Å². The zero-order valence-electron chi connectivity index (χ0n) is 16.2. The maximum atomic E-state index is 13.3. The Morgan fingerprint density at radius 3 is 2.96 bits per heavy atom. The van der Waals surface area contributed by atoms with Crippen LogP contribution in [0.4, 0.5) is 0 Å². The van der Waals surface area contributed by atoms with Crippen LogP contribution in [0, 0.1) is 0 Å². The topological polar surface area (TPSA) is 83.4 Å². The van der Waals surface area contributed by atoms with Gasteiger partial charge in [0.2, 0.25) is 5.91 Å². The number of aromatic nitrogens is 3. The highest BCUT2D eigenvalue weighted by Crippen LogP contribution is 2.21. The van der Waals surface area contributed by atoms with Crippen molar-refractivity contribution in [2.75, 3.05) is 32.7 Å². The molecule has 0 saturated carbocycles. The Morgan fingerprint density at radius 1 is 1.32 bits per heavy atom. The predicted octanol–water partition coefficient (Wildman–Crippen LogP) is 0.866. The summed E-state index contributed by atoms with van der Waals surface area (Å²) in [5.41, 5.74) is 1.49. The van der Waals surface area contributed by atoms with Crippen LogP contribution >= 0.6 is 0 Å². The van der Waals surface area contributed by atoms with E-state index in [1.165, 1.54) is 0 Å². The van der Waals surface area contributed by atoms with E-state index in [-0.39, 0.29) is 17.9 Å². The molecular formula is C20H26N6O2. The quantitative estimate of drug-likeness (QED) is 0.848. The molecule has 8 heteroatoms. The van der Waals surface area contributed by atoms with E-state index >= 15 is 0 Å². The molecule has 2 aromatic rings. The Hall–Kier alpha value is -2.74. The Bertz CT molecular complexity index is 850. The third kappa shape index (κ3) is 3.52. The molecule has 2 amide bonds. The molecule has 2 aliphatic rings. The van der Waals surface area contributed by atoms with E-state index in [9.17, 15) is 9.59 Å². The summed E-state index contributed by atoms with van der Waals surface area (Å²) < 4.78 is 1.74. The van der Waals surface area contributed by atoms with E-state index in [1.54, 1.807) is 17.1 Å². The van der Waals surface area contributed by atoms with Gasteiger partial charge in [0, 0.05) is 38.4 Å². The Labute approximate surface area is 164 Å². The maximum Gasteiger partial charge on any atom is 0.257 e. The summed E-state index contributed by atoms with van der Waals surface area (Å²) in [5.74, 6) is 0.829. The van der Waals surface area contributed by atoms with Gasteiger partial charge in [0.05, 0.1) is 24.0 Å². The minimum absolute atomic E-state index is 0.00804. The lowest BCUT2D eigenvalue weighted by atomic mass is 10.0. The monoisotopic (exact) mass is 382 g/mol. The number of pyridine rings is 1. The van der Waals surface area contributed by atoms with Gasteiger partial charge in [0.25, 0.3) is 5.91 Å². The van der Waals surface area contributed by atoms with Crippen molar-refractivity contribution in [1.29, 1.82) is 0 Å². The van der Waals surface area contributed by atoms with E-state index < -0.39 is 0 Å². The highest BCUT2D eigenvalue weighted by Gasteiger charge is 2.33. The SMILES string of the molecule is CCc1c(C(=O)N2CCCC(N3CCNCC3=O)C2)cnn1-c1ccccn1. The normalized spacial score (nSPS) is 20.5. The third-order valence-electron chi connectivity index (χ3n) is 5.55. The van der Waals surface area contributed by atoms with E-state index in [1.807, 2.05) is 34.9 Å². The first-order valence-corrected chi connectivity index (χ1v) is 9.96. The molecule has 8 nitrogen and oxygen atoms in total. The van der Waals surface area contributed by atoms with E-state index in [2.05, 4.69) is 15.4 Å². The third-order valence-corrected chi connectivity index (χ3v) is 5.55. The van der Waals surface area contributed by atoms with E-state index in [4.69, 9.17) is 0 Å². The first-order chi connectivity index (χ1) is 13.7. The van der Waals surface area contributed by atoms with Crippen molar-refractivity contribution in [3.8, 4) is 5.82 Å². The number of amides is 2. The van der Waals surface area contributed by atoms with Crippen molar-refractivity contribution in [3.63, 3.8) is 0 Å². The van der Waals surface area contributed by atoms with Crippen LogP contribution in [0.2, 0.25) is 0 Å². The summed E-state index contributed by atoms with van der Waals surface area (Å²) in [5, 5.41) is 7.54. The van der Waals surface area contributed by atoms with Crippen molar-refractivity contribution in [2.45, 2.75) is 32.2 Å². The molecule has 0 spiro atoms. The standard InChI is InChI=1S/C20H26N6O2/c1-2-17-16(12-23-26(17)18-7-3-4-8-22-18)20(28)24-10-5-6-15(14-24)25-11-9-21-13-19(25)27/h3-4,7-8,12,15,21H,2,5-6,9-11,13-14H2,1H3. The zero-order valence-corrected chi connectivity index (χ0v) is 16.2. The number of nitrogens with zero attached hydrogens (tertiary/aromatic N) is 5. The van der Waals surface area contributed by atoms with Crippen molar-refractivity contribution < 1.29 is 9.59 Å². The molecule has 28 heavy (non-hydrogen) atoms. The van der Waals surface area contributed by atoms with Crippen LogP contribution in [-0.2, 0) is 11.2 Å². The lowest BCUT2D eigenvalue weighted by Gasteiger charge is -2.41. The average Bonchev–Trinajstić information content (AvgIpc) is 3.18. The minimum atomic E-state index is -0.00804.